The van der Waals surface area contributed by atoms with Gasteiger partial charge in [0.25, 0.3) is 11.8 Å². The third-order valence-electron chi connectivity index (χ3n) is 6.06. The summed E-state index contributed by atoms with van der Waals surface area (Å²) in [6.45, 7) is 4.57. The van der Waals surface area contributed by atoms with E-state index in [4.69, 9.17) is 9.47 Å². The van der Waals surface area contributed by atoms with Gasteiger partial charge in [-0.25, -0.2) is 0 Å². The third kappa shape index (κ3) is 5.97. The van der Waals surface area contributed by atoms with E-state index in [1.54, 1.807) is 24.3 Å². The molecule has 0 aromatic heterocycles. The first kappa shape index (κ1) is 24.4. The number of unbranched alkanes of at least 4 members (excludes halogenated alkanes) is 1. The predicted octanol–water partition coefficient (Wildman–Crippen LogP) is 4.82. The van der Waals surface area contributed by atoms with Gasteiger partial charge in [0.2, 0.25) is 0 Å². The first-order chi connectivity index (χ1) is 16.0. The molecule has 0 atom stereocenters. The topological polar surface area (TPSA) is 71.1 Å². The normalized spacial score (nSPS) is 13.4. The molecule has 1 heterocycles. The molecule has 0 aliphatic carbocycles. The molecule has 1 fully saturated rings. The summed E-state index contributed by atoms with van der Waals surface area (Å²) in [5.41, 5.74) is 2.40. The molecule has 0 radical (unpaired) electrons. The van der Waals surface area contributed by atoms with E-state index in [2.05, 4.69) is 17.1 Å². The minimum absolute atomic E-state index is 0.112. The van der Waals surface area contributed by atoms with Crippen LogP contribution < -0.4 is 19.7 Å². The summed E-state index contributed by atoms with van der Waals surface area (Å²) in [6.07, 6.45) is 5.35. The molecule has 7 nitrogen and oxygen atoms in total. The van der Waals surface area contributed by atoms with Gasteiger partial charge >= 0.3 is 0 Å². The van der Waals surface area contributed by atoms with E-state index < -0.39 is 0 Å². The lowest BCUT2D eigenvalue weighted by Crippen LogP contribution is -2.36. The van der Waals surface area contributed by atoms with E-state index in [1.165, 1.54) is 14.2 Å². The van der Waals surface area contributed by atoms with Gasteiger partial charge in [0.15, 0.2) is 11.5 Å². The van der Waals surface area contributed by atoms with Gasteiger partial charge in [-0.15, -0.1) is 0 Å². The third-order valence-corrected chi connectivity index (χ3v) is 6.06. The monoisotopic (exact) mass is 453 g/mol. The van der Waals surface area contributed by atoms with Crippen molar-refractivity contribution < 1.29 is 19.1 Å². The molecule has 0 saturated carbocycles. The van der Waals surface area contributed by atoms with Crippen molar-refractivity contribution in [3.63, 3.8) is 0 Å². The molecule has 3 rings (SSSR count). The number of carbonyl (C=O) groups is 2. The van der Waals surface area contributed by atoms with Crippen LogP contribution >= 0.6 is 0 Å². The van der Waals surface area contributed by atoms with E-state index in [0.29, 0.717) is 41.4 Å². The number of rotatable bonds is 9. The first-order valence-electron chi connectivity index (χ1n) is 11.7. The molecule has 1 aliphatic heterocycles. The summed E-state index contributed by atoms with van der Waals surface area (Å²) >= 11 is 0. The SMILES string of the molecule is CCCCN(C)c1ccc(C(=O)Nc2cc(OC)c(OC)cc2C(=O)N2CCCCC2)cc1. The number of piperidine rings is 1. The molecular weight excluding hydrogens is 418 g/mol. The quantitative estimate of drug-likeness (QED) is 0.590. The Hall–Kier alpha value is -3.22. The highest BCUT2D eigenvalue weighted by molar-refractivity contribution is 6.09. The average molecular weight is 454 g/mol. The van der Waals surface area contributed by atoms with Crippen molar-refractivity contribution in [2.45, 2.75) is 39.0 Å². The summed E-state index contributed by atoms with van der Waals surface area (Å²) in [5.74, 6) is 0.516. The number of nitrogens with zero attached hydrogens (tertiary/aromatic N) is 2. The van der Waals surface area contributed by atoms with Gasteiger partial charge in [0.1, 0.15) is 0 Å². The Kier molecular flexibility index (Phi) is 8.58. The molecule has 0 bridgehead atoms. The summed E-state index contributed by atoms with van der Waals surface area (Å²) in [6, 6.07) is 10.8. The molecule has 7 heteroatoms. The number of ether oxygens (including phenoxy) is 2. The average Bonchev–Trinajstić information content (AvgIpc) is 2.87. The van der Waals surface area contributed by atoms with Crippen LogP contribution in [0.2, 0.25) is 0 Å². The van der Waals surface area contributed by atoms with Crippen LogP contribution in [0.4, 0.5) is 11.4 Å². The number of methoxy groups -OCH3 is 2. The highest BCUT2D eigenvalue weighted by Gasteiger charge is 2.24. The lowest BCUT2D eigenvalue weighted by atomic mass is 10.1. The Morgan fingerprint density at radius 1 is 1.00 bits per heavy atom. The van der Waals surface area contributed by atoms with Crippen molar-refractivity contribution >= 4 is 23.2 Å². The van der Waals surface area contributed by atoms with Crippen LogP contribution in [0.1, 0.15) is 59.7 Å². The fourth-order valence-electron chi connectivity index (χ4n) is 4.01. The number of hydrogen-bond donors (Lipinski definition) is 1. The smallest absolute Gasteiger partial charge is 0.256 e. The molecule has 2 aromatic carbocycles. The molecule has 2 amide bonds. The fourth-order valence-corrected chi connectivity index (χ4v) is 4.01. The van der Waals surface area contributed by atoms with Crippen molar-refractivity contribution in [1.82, 2.24) is 4.90 Å². The lowest BCUT2D eigenvalue weighted by molar-refractivity contribution is 0.0725. The molecule has 33 heavy (non-hydrogen) atoms. The fraction of sp³-hybridized carbons (Fsp3) is 0.462. The zero-order valence-corrected chi connectivity index (χ0v) is 20.1. The Morgan fingerprint density at radius 2 is 1.64 bits per heavy atom. The lowest BCUT2D eigenvalue weighted by Gasteiger charge is -2.28. The van der Waals surface area contributed by atoms with Crippen LogP contribution in [-0.4, -0.2) is 57.6 Å². The van der Waals surface area contributed by atoms with Crippen LogP contribution in [-0.2, 0) is 0 Å². The van der Waals surface area contributed by atoms with E-state index in [-0.39, 0.29) is 11.8 Å². The van der Waals surface area contributed by atoms with Gasteiger partial charge in [-0.3, -0.25) is 9.59 Å². The standard InChI is InChI=1S/C26H35N3O4/c1-5-6-14-28(2)20-12-10-19(11-13-20)25(30)27-22-18-24(33-4)23(32-3)17-21(22)26(31)29-15-8-7-9-16-29/h10-13,17-18H,5-9,14-16H2,1-4H3,(H,27,30). The summed E-state index contributed by atoms with van der Waals surface area (Å²) in [5, 5.41) is 2.92. The van der Waals surface area contributed by atoms with Crippen molar-refractivity contribution in [3.8, 4) is 11.5 Å². The summed E-state index contributed by atoms with van der Waals surface area (Å²) in [4.78, 5) is 30.3. The van der Waals surface area contributed by atoms with E-state index in [0.717, 1.165) is 44.3 Å². The molecular formula is C26H35N3O4. The van der Waals surface area contributed by atoms with Gasteiger partial charge in [-0.05, 0) is 56.0 Å². The van der Waals surface area contributed by atoms with Gasteiger partial charge in [-0.2, -0.15) is 0 Å². The molecule has 1 N–H and O–H groups in total. The van der Waals surface area contributed by atoms with Gasteiger partial charge < -0.3 is 24.6 Å². The van der Waals surface area contributed by atoms with Crippen molar-refractivity contribution in [2.75, 3.05) is 51.1 Å². The maximum Gasteiger partial charge on any atom is 0.256 e. The molecule has 1 aliphatic rings. The zero-order chi connectivity index (χ0) is 23.8. The zero-order valence-electron chi connectivity index (χ0n) is 20.1. The second kappa shape index (κ2) is 11.6. The van der Waals surface area contributed by atoms with Crippen LogP contribution in [0.5, 0.6) is 11.5 Å². The highest BCUT2D eigenvalue weighted by atomic mass is 16.5. The van der Waals surface area contributed by atoms with Gasteiger partial charge in [-0.1, -0.05) is 13.3 Å². The second-order valence-electron chi connectivity index (χ2n) is 8.38. The Morgan fingerprint density at radius 3 is 2.24 bits per heavy atom. The van der Waals surface area contributed by atoms with Crippen LogP contribution in [0.25, 0.3) is 0 Å². The van der Waals surface area contributed by atoms with Gasteiger partial charge in [0.05, 0.1) is 25.5 Å². The van der Waals surface area contributed by atoms with Crippen LogP contribution in [0.3, 0.4) is 0 Å². The van der Waals surface area contributed by atoms with Crippen molar-refractivity contribution in [1.29, 1.82) is 0 Å². The number of amides is 2. The largest absolute Gasteiger partial charge is 0.493 e. The summed E-state index contributed by atoms with van der Waals surface area (Å²) < 4.78 is 10.8. The summed E-state index contributed by atoms with van der Waals surface area (Å²) in [7, 11) is 5.11. The van der Waals surface area contributed by atoms with Crippen molar-refractivity contribution in [3.05, 3.63) is 47.5 Å². The Bertz CT molecular complexity index is 953. The van der Waals surface area contributed by atoms with Gasteiger partial charge in [0, 0.05) is 44.0 Å². The van der Waals surface area contributed by atoms with E-state index in [1.807, 2.05) is 24.1 Å². The number of benzene rings is 2. The molecule has 2 aromatic rings. The number of carbonyl (C=O) groups excluding carboxylic acids is 2. The minimum atomic E-state index is -0.280. The minimum Gasteiger partial charge on any atom is -0.493 e. The predicted molar refractivity (Wildman–Crippen MR) is 132 cm³/mol. The number of nitrogens with one attached hydrogen (secondary N) is 1. The molecule has 1 saturated heterocycles. The van der Waals surface area contributed by atoms with Crippen molar-refractivity contribution in [2.24, 2.45) is 0 Å². The maximum absolute atomic E-state index is 13.3. The molecule has 0 unspecified atom stereocenters. The number of anilines is 2. The van der Waals surface area contributed by atoms with Crippen LogP contribution in [0, 0.1) is 0 Å². The number of hydrogen-bond acceptors (Lipinski definition) is 5. The molecule has 178 valence electrons. The van der Waals surface area contributed by atoms with E-state index in [9.17, 15) is 9.59 Å². The Balaban J connectivity index is 1.85. The van der Waals surface area contributed by atoms with Crippen LogP contribution in [0.15, 0.2) is 36.4 Å². The number of likely N-dealkylation sites (tertiary alicyclic amines) is 1. The Labute approximate surface area is 196 Å². The van der Waals surface area contributed by atoms with E-state index >= 15 is 0 Å². The highest BCUT2D eigenvalue weighted by Crippen LogP contribution is 2.34. The second-order valence-corrected chi connectivity index (χ2v) is 8.38. The molecule has 0 spiro atoms. The first-order valence-corrected chi connectivity index (χ1v) is 11.7. The maximum atomic E-state index is 13.3.